The average Bonchev–Trinajstić information content (AvgIpc) is 3.55. The molecule has 1 aliphatic rings. The van der Waals surface area contributed by atoms with Gasteiger partial charge in [0.25, 0.3) is 5.91 Å². The Morgan fingerprint density at radius 1 is 1.03 bits per heavy atom. The number of ether oxygens (including phenoxy) is 1. The molecule has 2 aromatic carbocycles. The molecule has 3 rings (SSSR count). The molecule has 0 bridgehead atoms. The highest BCUT2D eigenvalue weighted by atomic mass is 16.5. The van der Waals surface area contributed by atoms with Gasteiger partial charge in [-0.15, -0.1) is 0 Å². The second kappa shape index (κ2) is 8.68. The van der Waals surface area contributed by atoms with Gasteiger partial charge in [-0.05, 0) is 67.0 Å². The number of anilines is 2. The second-order valence-electron chi connectivity index (χ2n) is 8.34. The summed E-state index contributed by atoms with van der Waals surface area (Å²) in [6, 6.07) is 13.4. The minimum absolute atomic E-state index is 0.0506. The second-order valence-corrected chi connectivity index (χ2v) is 8.34. The van der Waals surface area contributed by atoms with Crippen LogP contribution in [-0.4, -0.2) is 18.4 Å². The fourth-order valence-electron chi connectivity index (χ4n) is 3.03. The predicted molar refractivity (Wildman–Crippen MR) is 116 cm³/mol. The first-order valence-corrected chi connectivity index (χ1v) is 10.2. The highest BCUT2D eigenvalue weighted by Gasteiger charge is 2.29. The van der Waals surface area contributed by atoms with E-state index in [9.17, 15) is 9.59 Å². The maximum atomic E-state index is 12.3. The lowest BCUT2D eigenvalue weighted by atomic mass is 9.82. The van der Waals surface area contributed by atoms with E-state index in [-0.39, 0.29) is 29.8 Å². The van der Waals surface area contributed by atoms with Gasteiger partial charge in [0.2, 0.25) is 5.91 Å². The van der Waals surface area contributed by atoms with Gasteiger partial charge in [0, 0.05) is 17.3 Å². The van der Waals surface area contributed by atoms with Crippen LogP contribution >= 0.6 is 0 Å². The van der Waals surface area contributed by atoms with Crippen LogP contribution in [0.4, 0.5) is 11.4 Å². The van der Waals surface area contributed by atoms with Crippen molar-refractivity contribution in [1.29, 1.82) is 0 Å². The van der Waals surface area contributed by atoms with E-state index in [0.717, 1.165) is 30.5 Å². The Bertz CT molecular complexity index is 883. The van der Waals surface area contributed by atoms with Crippen LogP contribution in [0.1, 0.15) is 51.2 Å². The van der Waals surface area contributed by atoms with Crippen molar-refractivity contribution in [3.8, 4) is 5.75 Å². The van der Waals surface area contributed by atoms with Crippen LogP contribution < -0.4 is 15.4 Å². The van der Waals surface area contributed by atoms with E-state index in [2.05, 4.69) is 31.4 Å². The molecule has 1 aliphatic carbocycles. The first-order valence-electron chi connectivity index (χ1n) is 10.2. The van der Waals surface area contributed by atoms with E-state index in [1.54, 1.807) is 0 Å². The van der Waals surface area contributed by atoms with E-state index in [0.29, 0.717) is 11.4 Å². The smallest absolute Gasteiger partial charge is 0.262 e. The summed E-state index contributed by atoms with van der Waals surface area (Å²) < 4.78 is 5.63. The molecule has 0 aromatic heterocycles. The highest BCUT2D eigenvalue weighted by Crippen LogP contribution is 2.32. The summed E-state index contributed by atoms with van der Waals surface area (Å²) in [4.78, 5) is 24.3. The molecule has 5 nitrogen and oxygen atoms in total. The number of benzene rings is 2. The fraction of sp³-hybridized carbons (Fsp3) is 0.417. The zero-order valence-corrected chi connectivity index (χ0v) is 17.7. The summed E-state index contributed by atoms with van der Waals surface area (Å²) in [7, 11) is 0. The van der Waals surface area contributed by atoms with Gasteiger partial charge in [0.1, 0.15) is 5.75 Å². The van der Waals surface area contributed by atoms with Gasteiger partial charge in [-0.25, -0.2) is 0 Å². The van der Waals surface area contributed by atoms with Gasteiger partial charge < -0.3 is 15.4 Å². The molecule has 2 aromatic rings. The third kappa shape index (κ3) is 5.37. The molecule has 0 spiro atoms. The largest absolute Gasteiger partial charge is 0.484 e. The third-order valence-corrected chi connectivity index (χ3v) is 5.70. The van der Waals surface area contributed by atoms with Gasteiger partial charge in [-0.1, -0.05) is 39.0 Å². The standard InChI is InChI=1S/C24H30N2O3/c1-5-24(3,4)18-11-13-19(14-12-18)29-15-22(27)25-20-7-6-8-21(16(20)2)26-23(28)17-9-10-17/h6-8,11-14,17H,5,9-10,15H2,1-4H3,(H,25,27)(H,26,28). The van der Waals surface area contributed by atoms with E-state index in [4.69, 9.17) is 4.74 Å². The Labute approximate surface area is 172 Å². The van der Waals surface area contributed by atoms with E-state index in [1.165, 1.54) is 5.56 Å². The Morgan fingerprint density at radius 3 is 2.24 bits per heavy atom. The first kappa shape index (κ1) is 20.9. The van der Waals surface area contributed by atoms with Gasteiger partial charge in [-0.2, -0.15) is 0 Å². The minimum Gasteiger partial charge on any atom is -0.484 e. The summed E-state index contributed by atoms with van der Waals surface area (Å²) in [5.74, 6) is 0.611. The van der Waals surface area contributed by atoms with Gasteiger partial charge in [-0.3, -0.25) is 9.59 Å². The number of rotatable bonds is 8. The zero-order chi connectivity index (χ0) is 21.0. The van der Waals surface area contributed by atoms with Crippen molar-refractivity contribution < 1.29 is 14.3 Å². The SMILES string of the molecule is CCC(C)(C)c1ccc(OCC(=O)Nc2cccc(NC(=O)C3CC3)c2C)cc1. The summed E-state index contributed by atoms with van der Waals surface area (Å²) in [6.45, 7) is 8.39. The lowest BCUT2D eigenvalue weighted by molar-refractivity contribution is -0.118. The maximum absolute atomic E-state index is 12.3. The lowest BCUT2D eigenvalue weighted by Crippen LogP contribution is -2.21. The molecule has 0 unspecified atom stereocenters. The highest BCUT2D eigenvalue weighted by molar-refractivity contribution is 5.97. The van der Waals surface area contributed by atoms with Crippen LogP contribution in [0.3, 0.4) is 0 Å². The molecule has 2 N–H and O–H groups in total. The van der Waals surface area contributed by atoms with Crippen LogP contribution in [0.5, 0.6) is 5.75 Å². The van der Waals surface area contributed by atoms with Gasteiger partial charge >= 0.3 is 0 Å². The monoisotopic (exact) mass is 394 g/mol. The van der Waals surface area contributed by atoms with Crippen LogP contribution in [0.2, 0.25) is 0 Å². The molecule has 5 heteroatoms. The lowest BCUT2D eigenvalue weighted by Gasteiger charge is -2.23. The zero-order valence-electron chi connectivity index (χ0n) is 17.7. The predicted octanol–water partition coefficient (Wildman–Crippen LogP) is 5.05. The summed E-state index contributed by atoms with van der Waals surface area (Å²) >= 11 is 0. The number of nitrogens with one attached hydrogen (secondary N) is 2. The maximum Gasteiger partial charge on any atom is 0.262 e. The fourth-order valence-corrected chi connectivity index (χ4v) is 3.03. The Morgan fingerprint density at radius 2 is 1.66 bits per heavy atom. The molecule has 0 radical (unpaired) electrons. The van der Waals surface area contributed by atoms with Crippen LogP contribution in [0.15, 0.2) is 42.5 Å². The normalized spacial score (nSPS) is 13.7. The number of hydrogen-bond acceptors (Lipinski definition) is 3. The van der Waals surface area contributed by atoms with Crippen LogP contribution in [-0.2, 0) is 15.0 Å². The summed E-state index contributed by atoms with van der Waals surface area (Å²) in [5.41, 5.74) is 3.60. The Balaban J connectivity index is 1.56. The number of carbonyl (C=O) groups is 2. The Kier molecular flexibility index (Phi) is 6.26. The molecule has 2 amide bonds. The molecule has 1 saturated carbocycles. The molecule has 0 aliphatic heterocycles. The molecular formula is C24H30N2O3. The number of amides is 2. The average molecular weight is 395 g/mol. The molecule has 154 valence electrons. The third-order valence-electron chi connectivity index (χ3n) is 5.70. The number of carbonyl (C=O) groups excluding carboxylic acids is 2. The summed E-state index contributed by atoms with van der Waals surface area (Å²) in [5, 5.41) is 5.81. The molecule has 0 heterocycles. The van der Waals surface area contributed by atoms with E-state index >= 15 is 0 Å². The van der Waals surface area contributed by atoms with Crippen molar-refractivity contribution in [3.63, 3.8) is 0 Å². The first-order chi connectivity index (χ1) is 13.8. The van der Waals surface area contributed by atoms with Crippen LogP contribution in [0, 0.1) is 12.8 Å². The van der Waals surface area contributed by atoms with Crippen molar-refractivity contribution in [3.05, 3.63) is 53.6 Å². The van der Waals surface area contributed by atoms with Crippen molar-refractivity contribution in [2.75, 3.05) is 17.2 Å². The van der Waals surface area contributed by atoms with Crippen molar-refractivity contribution in [2.45, 2.75) is 52.4 Å². The van der Waals surface area contributed by atoms with Gasteiger partial charge in [0.15, 0.2) is 6.61 Å². The van der Waals surface area contributed by atoms with E-state index < -0.39 is 0 Å². The molecule has 1 fully saturated rings. The minimum atomic E-state index is -0.239. The van der Waals surface area contributed by atoms with Crippen molar-refractivity contribution in [2.24, 2.45) is 5.92 Å². The molecule has 29 heavy (non-hydrogen) atoms. The quantitative estimate of drug-likeness (QED) is 0.658. The molecular weight excluding hydrogens is 364 g/mol. The Hall–Kier alpha value is -2.82. The van der Waals surface area contributed by atoms with Gasteiger partial charge in [0.05, 0.1) is 0 Å². The molecule has 0 saturated heterocycles. The number of hydrogen-bond donors (Lipinski definition) is 2. The summed E-state index contributed by atoms with van der Waals surface area (Å²) in [6.07, 6.45) is 2.96. The molecule has 0 atom stereocenters. The van der Waals surface area contributed by atoms with E-state index in [1.807, 2.05) is 49.4 Å². The van der Waals surface area contributed by atoms with Crippen molar-refractivity contribution in [1.82, 2.24) is 0 Å². The van der Waals surface area contributed by atoms with Crippen molar-refractivity contribution >= 4 is 23.2 Å². The van der Waals surface area contributed by atoms with Crippen LogP contribution in [0.25, 0.3) is 0 Å². The topological polar surface area (TPSA) is 67.4 Å².